The molecule has 0 aliphatic carbocycles. The maximum atomic E-state index is 2.30. The van der Waals surface area contributed by atoms with Crippen molar-refractivity contribution >= 4 is 11.4 Å². The van der Waals surface area contributed by atoms with Gasteiger partial charge in [0.05, 0.1) is 0 Å². The second-order valence-electron chi connectivity index (χ2n) is 5.05. The van der Waals surface area contributed by atoms with E-state index in [2.05, 4.69) is 98.5 Å². The quantitative estimate of drug-likeness (QED) is 0.605. The van der Waals surface area contributed by atoms with Crippen LogP contribution in [0.25, 0.3) is 0 Å². The van der Waals surface area contributed by atoms with Crippen molar-refractivity contribution in [1.29, 1.82) is 0 Å². The van der Waals surface area contributed by atoms with Crippen molar-refractivity contribution in [3.8, 4) is 0 Å². The Morgan fingerprint density at radius 2 is 1.71 bits per heavy atom. The van der Waals surface area contributed by atoms with Crippen LogP contribution in [0.3, 0.4) is 0 Å². The molecule has 0 saturated heterocycles. The fraction of sp³-hybridized carbons (Fsp3) is 0.200. The first-order valence-corrected chi connectivity index (χ1v) is 7.51. The summed E-state index contributed by atoms with van der Waals surface area (Å²) in [5, 5.41) is 0. The average Bonchev–Trinajstić information content (AvgIpc) is 2.49. The van der Waals surface area contributed by atoms with Gasteiger partial charge in [-0.3, -0.25) is 0 Å². The first kappa shape index (κ1) is 15.1. The fourth-order valence-corrected chi connectivity index (χ4v) is 2.41. The number of rotatable bonds is 5. The minimum atomic E-state index is 1.01. The topological polar surface area (TPSA) is 3.24 Å². The summed E-state index contributed by atoms with van der Waals surface area (Å²) in [6.45, 7) is 6.36. The first-order valence-electron chi connectivity index (χ1n) is 7.51. The number of aryl methyl sites for hydroxylation is 1. The van der Waals surface area contributed by atoms with Gasteiger partial charge in [0.2, 0.25) is 0 Å². The van der Waals surface area contributed by atoms with Crippen LogP contribution >= 0.6 is 0 Å². The lowest BCUT2D eigenvalue weighted by atomic mass is 10.1. The summed E-state index contributed by atoms with van der Waals surface area (Å²) in [7, 11) is 0. The van der Waals surface area contributed by atoms with Crippen molar-refractivity contribution in [3.05, 3.63) is 84.1 Å². The van der Waals surface area contributed by atoms with Crippen LogP contribution in [0, 0.1) is 6.92 Å². The average molecular weight is 277 g/mol. The molecule has 2 rings (SSSR count). The van der Waals surface area contributed by atoms with Gasteiger partial charge in [-0.1, -0.05) is 49.4 Å². The predicted molar refractivity (Wildman–Crippen MR) is 92.9 cm³/mol. The second-order valence-corrected chi connectivity index (χ2v) is 5.05. The predicted octanol–water partition coefficient (Wildman–Crippen LogP) is 6.00. The molecule has 2 aromatic rings. The molecule has 0 radical (unpaired) electrons. The third-order valence-corrected chi connectivity index (χ3v) is 3.28. The minimum Gasteiger partial charge on any atom is -0.311 e. The van der Waals surface area contributed by atoms with E-state index in [1.54, 1.807) is 0 Å². The molecule has 0 spiro atoms. The van der Waals surface area contributed by atoms with E-state index in [0.717, 1.165) is 6.42 Å². The van der Waals surface area contributed by atoms with Crippen molar-refractivity contribution in [1.82, 2.24) is 0 Å². The molecule has 2 aromatic carbocycles. The summed E-state index contributed by atoms with van der Waals surface area (Å²) < 4.78 is 0. The summed E-state index contributed by atoms with van der Waals surface area (Å²) in [4.78, 5) is 2.30. The Morgan fingerprint density at radius 3 is 2.33 bits per heavy atom. The molecular formula is C20H23N. The maximum Gasteiger partial charge on any atom is 0.0464 e. The fourth-order valence-electron chi connectivity index (χ4n) is 2.41. The lowest BCUT2D eigenvalue weighted by Crippen LogP contribution is -2.15. The molecule has 0 heterocycles. The van der Waals surface area contributed by atoms with Crippen LogP contribution < -0.4 is 4.90 Å². The largest absolute Gasteiger partial charge is 0.311 e. The number of benzene rings is 2. The van der Waals surface area contributed by atoms with E-state index in [1.165, 1.54) is 22.6 Å². The zero-order chi connectivity index (χ0) is 15.1. The number of para-hydroxylation sites is 1. The van der Waals surface area contributed by atoms with E-state index < -0.39 is 0 Å². The first-order chi connectivity index (χ1) is 10.3. The van der Waals surface area contributed by atoms with E-state index in [4.69, 9.17) is 0 Å². The molecule has 0 aliphatic rings. The second kappa shape index (κ2) is 7.49. The van der Waals surface area contributed by atoms with Crippen molar-refractivity contribution in [2.24, 2.45) is 0 Å². The smallest absolute Gasteiger partial charge is 0.0464 e. The van der Waals surface area contributed by atoms with Crippen LogP contribution in [-0.2, 0) is 0 Å². The van der Waals surface area contributed by atoms with Gasteiger partial charge in [-0.25, -0.2) is 0 Å². The summed E-state index contributed by atoms with van der Waals surface area (Å²) in [5.41, 5.74) is 4.85. The van der Waals surface area contributed by atoms with Crippen molar-refractivity contribution < 1.29 is 0 Å². The Balaban J connectivity index is 2.56. The zero-order valence-electron chi connectivity index (χ0n) is 13.1. The van der Waals surface area contributed by atoms with E-state index in [1.807, 2.05) is 0 Å². The molecule has 0 aromatic heterocycles. The summed E-state index contributed by atoms with van der Waals surface area (Å²) in [6.07, 6.45) is 7.52. The van der Waals surface area contributed by atoms with Crippen molar-refractivity contribution in [2.75, 3.05) is 4.90 Å². The summed E-state index contributed by atoms with van der Waals surface area (Å²) >= 11 is 0. The monoisotopic (exact) mass is 277 g/mol. The molecular weight excluding hydrogens is 254 g/mol. The summed E-state index contributed by atoms with van der Waals surface area (Å²) in [5.74, 6) is 0. The normalized spacial score (nSPS) is 11.9. The molecule has 1 heteroatoms. The molecule has 0 N–H and O–H groups in total. The van der Waals surface area contributed by atoms with E-state index in [9.17, 15) is 0 Å². The highest BCUT2D eigenvalue weighted by molar-refractivity contribution is 5.70. The lowest BCUT2D eigenvalue weighted by Gasteiger charge is -2.26. The van der Waals surface area contributed by atoms with Gasteiger partial charge < -0.3 is 4.90 Å². The number of hydrogen-bond donors (Lipinski definition) is 0. The number of hydrogen-bond acceptors (Lipinski definition) is 1. The molecule has 1 nitrogen and oxygen atoms in total. The Kier molecular flexibility index (Phi) is 5.39. The van der Waals surface area contributed by atoms with Crippen LogP contribution in [0.15, 0.2) is 78.5 Å². The van der Waals surface area contributed by atoms with Crippen LogP contribution in [-0.4, -0.2) is 0 Å². The molecule has 0 fully saturated rings. The van der Waals surface area contributed by atoms with Crippen LogP contribution in [0.2, 0.25) is 0 Å². The van der Waals surface area contributed by atoms with E-state index >= 15 is 0 Å². The Hall–Kier alpha value is -2.28. The summed E-state index contributed by atoms with van der Waals surface area (Å²) in [6, 6.07) is 19.1. The maximum absolute atomic E-state index is 2.30. The minimum absolute atomic E-state index is 1.01. The van der Waals surface area contributed by atoms with Gasteiger partial charge in [0, 0.05) is 17.1 Å². The highest BCUT2D eigenvalue weighted by Crippen LogP contribution is 2.31. The molecule has 0 unspecified atom stereocenters. The molecule has 21 heavy (non-hydrogen) atoms. The van der Waals surface area contributed by atoms with Crippen LogP contribution in [0.5, 0.6) is 0 Å². The number of anilines is 2. The van der Waals surface area contributed by atoms with E-state index in [-0.39, 0.29) is 0 Å². The number of allylic oxidation sites excluding steroid dienone is 3. The van der Waals surface area contributed by atoms with Gasteiger partial charge in [-0.05, 0) is 56.2 Å². The van der Waals surface area contributed by atoms with Crippen LogP contribution in [0.1, 0.15) is 25.8 Å². The number of nitrogens with zero attached hydrogens (tertiary/aromatic N) is 1. The molecule has 0 amide bonds. The third-order valence-electron chi connectivity index (χ3n) is 3.28. The molecule has 0 atom stereocenters. The van der Waals surface area contributed by atoms with Crippen molar-refractivity contribution in [2.45, 2.75) is 27.2 Å². The highest BCUT2D eigenvalue weighted by atomic mass is 15.1. The zero-order valence-corrected chi connectivity index (χ0v) is 13.1. The Bertz CT molecular complexity index is 623. The van der Waals surface area contributed by atoms with Crippen LogP contribution in [0.4, 0.5) is 11.4 Å². The standard InChI is InChI=1S/C20H23N/c1-4-10-18(11-5-2)21(19-13-7-6-8-14-19)20-15-9-12-17(3)16-20/h4,6-16H,5H2,1-3H3/b10-4-,18-11+. The van der Waals surface area contributed by atoms with E-state index in [0.29, 0.717) is 0 Å². The van der Waals surface area contributed by atoms with Gasteiger partial charge in [0.25, 0.3) is 0 Å². The Morgan fingerprint density at radius 1 is 1.00 bits per heavy atom. The molecule has 0 bridgehead atoms. The van der Waals surface area contributed by atoms with Gasteiger partial charge in [-0.2, -0.15) is 0 Å². The Labute approximate surface area is 128 Å². The lowest BCUT2D eigenvalue weighted by molar-refractivity contribution is 1.13. The van der Waals surface area contributed by atoms with Crippen molar-refractivity contribution in [3.63, 3.8) is 0 Å². The van der Waals surface area contributed by atoms with Gasteiger partial charge in [-0.15, -0.1) is 0 Å². The molecule has 0 aliphatic heterocycles. The SMILES string of the molecule is C/C=C\C(=C/CC)N(c1ccccc1)c1cccc(C)c1. The van der Waals surface area contributed by atoms with Gasteiger partial charge >= 0.3 is 0 Å². The molecule has 0 saturated carbocycles. The van der Waals surface area contributed by atoms with Gasteiger partial charge in [0.15, 0.2) is 0 Å². The third kappa shape index (κ3) is 3.85. The van der Waals surface area contributed by atoms with Gasteiger partial charge in [0.1, 0.15) is 0 Å². The highest BCUT2D eigenvalue weighted by Gasteiger charge is 2.12. The molecule has 108 valence electrons.